The van der Waals surface area contributed by atoms with E-state index in [-0.39, 0.29) is 17.1 Å². The fourth-order valence-corrected chi connectivity index (χ4v) is 2.66. The van der Waals surface area contributed by atoms with E-state index in [9.17, 15) is 23.1 Å². The first-order chi connectivity index (χ1) is 14.4. The number of alkyl halides is 3. The van der Waals surface area contributed by atoms with Crippen LogP contribution in [0.2, 0.25) is 0 Å². The van der Waals surface area contributed by atoms with Crippen LogP contribution in [0.25, 0.3) is 0 Å². The third-order valence-corrected chi connectivity index (χ3v) is 4.09. The maximum atomic E-state index is 12.7. The molecule has 166 valence electrons. The molecule has 0 aliphatic carbocycles. The third-order valence-electron chi connectivity index (χ3n) is 4.09. The molecule has 0 radical (unpaired) electrons. The summed E-state index contributed by atoms with van der Waals surface area (Å²) in [6.07, 6.45) is 1.80. The van der Waals surface area contributed by atoms with Gasteiger partial charge in [-0.25, -0.2) is 4.98 Å². The summed E-state index contributed by atoms with van der Waals surface area (Å²) in [5, 5.41) is 21.1. The number of nitrogens with one attached hydrogen (secondary N) is 2. The molecule has 0 bridgehead atoms. The van der Waals surface area contributed by atoms with Crippen LogP contribution in [-0.2, 0) is 0 Å². The van der Waals surface area contributed by atoms with Crippen LogP contribution in [0.4, 0.5) is 13.2 Å². The maximum absolute atomic E-state index is 12.7. The van der Waals surface area contributed by atoms with E-state index >= 15 is 0 Å². The molecule has 1 aromatic carbocycles. The molecule has 1 atom stereocenters. The number of hydrogen-bond acceptors (Lipinski definition) is 6. The van der Waals surface area contributed by atoms with Crippen molar-refractivity contribution >= 4 is 11.6 Å². The Morgan fingerprint density at radius 3 is 2.39 bits per heavy atom. The van der Waals surface area contributed by atoms with E-state index in [0.717, 1.165) is 18.6 Å². The van der Waals surface area contributed by atoms with Crippen molar-refractivity contribution < 1.29 is 27.8 Å². The summed E-state index contributed by atoms with van der Waals surface area (Å²) in [7, 11) is 0. The molecule has 2 aromatic rings. The lowest BCUT2D eigenvalue weighted by Gasteiger charge is -2.30. The minimum absolute atomic E-state index is 0.0709. The summed E-state index contributed by atoms with van der Waals surface area (Å²) in [5.74, 6) is -1.08. The number of hydrogen-bond donors (Lipinski definition) is 3. The van der Waals surface area contributed by atoms with Gasteiger partial charge in [0.1, 0.15) is 17.1 Å². The Labute approximate surface area is 177 Å². The summed E-state index contributed by atoms with van der Waals surface area (Å²) in [6.45, 7) is 4.81. The number of halogens is 3. The number of nitrogens with zero attached hydrogens (tertiary/aromatic N) is 2. The van der Waals surface area contributed by atoms with Crippen molar-refractivity contribution in [3.8, 4) is 5.75 Å². The largest absolute Gasteiger partial charge is 0.573 e. The molecule has 3 N–H and O–H groups in total. The molecule has 31 heavy (non-hydrogen) atoms. The minimum Gasteiger partial charge on any atom is -0.406 e. The zero-order valence-electron chi connectivity index (χ0n) is 17.2. The first-order valence-electron chi connectivity index (χ1n) is 9.37. The predicted molar refractivity (Wildman–Crippen MR) is 108 cm³/mol. The number of carbonyl (C=O) groups is 1. The Hall–Kier alpha value is -3.27. The van der Waals surface area contributed by atoms with Crippen molar-refractivity contribution in [2.45, 2.75) is 45.2 Å². The Bertz CT molecular complexity index is 952. The summed E-state index contributed by atoms with van der Waals surface area (Å²) >= 11 is 0. The quantitative estimate of drug-likeness (QED) is 0.543. The van der Waals surface area contributed by atoms with Gasteiger partial charge in [0.05, 0.1) is 29.7 Å². The lowest BCUT2D eigenvalue weighted by atomic mass is 9.91. The van der Waals surface area contributed by atoms with Gasteiger partial charge in [0.25, 0.3) is 5.91 Å². The fourth-order valence-electron chi connectivity index (χ4n) is 2.66. The van der Waals surface area contributed by atoms with E-state index in [4.69, 9.17) is 5.41 Å². The molecule has 1 heterocycles. The summed E-state index contributed by atoms with van der Waals surface area (Å²) in [6, 6.07) is 3.85. The summed E-state index contributed by atoms with van der Waals surface area (Å²) in [4.78, 5) is 20.8. The van der Waals surface area contributed by atoms with E-state index in [0.29, 0.717) is 5.56 Å². The number of aromatic nitrogens is 2. The second kappa shape index (κ2) is 9.69. The van der Waals surface area contributed by atoms with Crippen LogP contribution < -0.4 is 10.1 Å². The van der Waals surface area contributed by atoms with Gasteiger partial charge in [-0.3, -0.25) is 15.2 Å². The van der Waals surface area contributed by atoms with Crippen molar-refractivity contribution in [3.63, 3.8) is 0 Å². The second-order valence-corrected chi connectivity index (χ2v) is 7.19. The number of benzene rings is 1. The number of allylic oxidation sites excluding steroid dienone is 2. The van der Waals surface area contributed by atoms with E-state index in [2.05, 4.69) is 20.0 Å². The molecular formula is C21H23F3N4O3. The normalized spacial score (nSPS) is 13.1. The Kier molecular flexibility index (Phi) is 7.50. The number of carbonyl (C=O) groups excluding carboxylic acids is 1. The molecule has 1 amide bonds. The van der Waals surface area contributed by atoms with Gasteiger partial charge in [-0.1, -0.05) is 25.1 Å². The molecule has 1 unspecified atom stereocenters. The average molecular weight is 436 g/mol. The first kappa shape index (κ1) is 24.0. The average Bonchev–Trinajstić information content (AvgIpc) is 2.69. The SMILES string of the molecule is CC/C=C\C(=N)c1cncc(C(=O)NC(c2ccc(OC(F)(F)F)cc2)C(C)(C)O)n1. The van der Waals surface area contributed by atoms with Crippen molar-refractivity contribution in [3.05, 3.63) is 65.8 Å². The van der Waals surface area contributed by atoms with Gasteiger partial charge in [-0.2, -0.15) is 0 Å². The smallest absolute Gasteiger partial charge is 0.406 e. The predicted octanol–water partition coefficient (Wildman–Crippen LogP) is 3.95. The van der Waals surface area contributed by atoms with Gasteiger partial charge >= 0.3 is 6.36 Å². The van der Waals surface area contributed by atoms with E-state index < -0.39 is 29.7 Å². The molecule has 0 aliphatic rings. The van der Waals surface area contributed by atoms with Gasteiger partial charge in [-0.15, -0.1) is 13.2 Å². The van der Waals surface area contributed by atoms with Crippen LogP contribution in [0, 0.1) is 5.41 Å². The van der Waals surface area contributed by atoms with Gasteiger partial charge in [0, 0.05) is 0 Å². The van der Waals surface area contributed by atoms with Crippen LogP contribution in [0.3, 0.4) is 0 Å². The van der Waals surface area contributed by atoms with Gasteiger partial charge < -0.3 is 15.2 Å². The van der Waals surface area contributed by atoms with E-state index in [1.165, 1.54) is 38.4 Å². The van der Waals surface area contributed by atoms with Crippen molar-refractivity contribution in [1.82, 2.24) is 15.3 Å². The highest BCUT2D eigenvalue weighted by Crippen LogP contribution is 2.29. The van der Waals surface area contributed by atoms with Crippen LogP contribution >= 0.6 is 0 Å². The molecule has 2 rings (SSSR count). The summed E-state index contributed by atoms with van der Waals surface area (Å²) < 4.78 is 40.9. The molecule has 1 aromatic heterocycles. The standard InChI is InChI=1S/C21H23F3N4O3/c1-4-5-6-15(25)16-11-26-12-17(27-16)19(29)28-18(20(2,3)30)13-7-9-14(10-8-13)31-21(22,23)24/h5-12,18,25,30H,4H2,1-3H3,(H,28,29)/b6-5-,25-15?. The molecule has 7 nitrogen and oxygen atoms in total. The molecular weight excluding hydrogens is 413 g/mol. The highest BCUT2D eigenvalue weighted by atomic mass is 19.4. The number of aliphatic hydroxyl groups is 1. The van der Waals surface area contributed by atoms with Crippen molar-refractivity contribution in [1.29, 1.82) is 5.41 Å². The molecule has 0 fully saturated rings. The Morgan fingerprint density at radius 1 is 1.23 bits per heavy atom. The van der Waals surface area contributed by atoms with Gasteiger partial charge in [0.15, 0.2) is 0 Å². The van der Waals surface area contributed by atoms with E-state index in [1.54, 1.807) is 12.2 Å². The van der Waals surface area contributed by atoms with Crippen molar-refractivity contribution in [2.75, 3.05) is 0 Å². The van der Waals surface area contributed by atoms with Crippen LogP contribution in [0.15, 0.2) is 48.8 Å². The highest BCUT2D eigenvalue weighted by Gasteiger charge is 2.33. The number of amides is 1. The van der Waals surface area contributed by atoms with Crippen LogP contribution in [0.1, 0.15) is 55.0 Å². The third kappa shape index (κ3) is 7.18. The summed E-state index contributed by atoms with van der Waals surface area (Å²) in [5.41, 5.74) is -0.880. The molecule has 0 spiro atoms. The Balaban J connectivity index is 2.25. The van der Waals surface area contributed by atoms with Crippen molar-refractivity contribution in [2.24, 2.45) is 0 Å². The highest BCUT2D eigenvalue weighted by molar-refractivity contribution is 6.05. The Morgan fingerprint density at radius 2 is 1.84 bits per heavy atom. The monoisotopic (exact) mass is 436 g/mol. The molecule has 0 saturated heterocycles. The zero-order valence-corrected chi connectivity index (χ0v) is 17.2. The molecule has 10 heteroatoms. The topological polar surface area (TPSA) is 108 Å². The number of ether oxygens (including phenoxy) is 1. The maximum Gasteiger partial charge on any atom is 0.573 e. The zero-order chi connectivity index (χ0) is 23.2. The lowest BCUT2D eigenvalue weighted by Crippen LogP contribution is -2.42. The minimum atomic E-state index is -4.82. The second-order valence-electron chi connectivity index (χ2n) is 7.19. The van der Waals surface area contributed by atoms with Crippen LogP contribution in [0.5, 0.6) is 5.75 Å². The molecule has 0 saturated carbocycles. The molecule has 0 aliphatic heterocycles. The first-order valence-corrected chi connectivity index (χ1v) is 9.37. The van der Waals surface area contributed by atoms with Gasteiger partial charge in [-0.05, 0) is 44.0 Å². The number of rotatable bonds is 8. The lowest BCUT2D eigenvalue weighted by molar-refractivity contribution is -0.274. The fraction of sp³-hybridized carbons (Fsp3) is 0.333. The van der Waals surface area contributed by atoms with Crippen LogP contribution in [-0.4, -0.2) is 38.7 Å². The van der Waals surface area contributed by atoms with E-state index in [1.807, 2.05) is 6.92 Å². The van der Waals surface area contributed by atoms with Gasteiger partial charge in [0.2, 0.25) is 0 Å².